The summed E-state index contributed by atoms with van der Waals surface area (Å²) >= 11 is 0. The monoisotopic (exact) mass is 241 g/mol. The van der Waals surface area contributed by atoms with Gasteiger partial charge in [-0.1, -0.05) is 60.7 Å². The molecule has 94 valence electrons. The Morgan fingerprint density at radius 2 is 1.33 bits per heavy atom. The van der Waals surface area contributed by atoms with Gasteiger partial charge in [0, 0.05) is 7.11 Å². The predicted octanol–water partition coefficient (Wildman–Crippen LogP) is 3.33. The number of ether oxygens (including phenoxy) is 1. The second kappa shape index (κ2) is 6.34. The quantitative estimate of drug-likeness (QED) is 0.867. The van der Waals surface area contributed by atoms with Crippen LogP contribution >= 0.6 is 0 Å². The van der Waals surface area contributed by atoms with E-state index in [1.807, 2.05) is 31.3 Å². The molecule has 18 heavy (non-hydrogen) atoms. The van der Waals surface area contributed by atoms with Crippen LogP contribution in [0.1, 0.15) is 23.3 Å². The molecule has 2 atom stereocenters. The van der Waals surface area contributed by atoms with Crippen LogP contribution in [-0.2, 0) is 4.74 Å². The molecule has 0 aliphatic rings. The first-order valence-corrected chi connectivity index (χ1v) is 6.16. The lowest BCUT2D eigenvalue weighted by atomic mass is 9.96. The van der Waals surface area contributed by atoms with E-state index in [-0.39, 0.29) is 12.1 Å². The molecule has 0 spiro atoms. The Kier molecular flexibility index (Phi) is 4.51. The van der Waals surface area contributed by atoms with E-state index in [1.54, 1.807) is 7.11 Å². The molecule has 0 fully saturated rings. The van der Waals surface area contributed by atoms with E-state index in [9.17, 15) is 0 Å². The zero-order valence-corrected chi connectivity index (χ0v) is 10.8. The Morgan fingerprint density at radius 1 is 0.833 bits per heavy atom. The van der Waals surface area contributed by atoms with Gasteiger partial charge in [-0.05, 0) is 18.2 Å². The largest absolute Gasteiger partial charge is 0.375 e. The normalized spacial score (nSPS) is 14.1. The Bertz CT molecular complexity index is 410. The molecule has 2 rings (SSSR count). The van der Waals surface area contributed by atoms with Crippen molar-refractivity contribution in [3.8, 4) is 0 Å². The van der Waals surface area contributed by atoms with Crippen molar-refractivity contribution in [3.63, 3.8) is 0 Å². The lowest BCUT2D eigenvalue weighted by Gasteiger charge is -2.26. The van der Waals surface area contributed by atoms with Gasteiger partial charge in [0.2, 0.25) is 0 Å². The van der Waals surface area contributed by atoms with Gasteiger partial charge in [-0.2, -0.15) is 0 Å². The van der Waals surface area contributed by atoms with Gasteiger partial charge < -0.3 is 10.1 Å². The van der Waals surface area contributed by atoms with Crippen molar-refractivity contribution in [1.82, 2.24) is 5.32 Å². The number of nitrogens with one attached hydrogen (secondary N) is 1. The summed E-state index contributed by atoms with van der Waals surface area (Å²) in [5, 5.41) is 3.34. The molecule has 2 unspecified atom stereocenters. The maximum absolute atomic E-state index is 5.68. The van der Waals surface area contributed by atoms with E-state index in [1.165, 1.54) is 11.1 Å². The van der Waals surface area contributed by atoms with Crippen molar-refractivity contribution in [2.24, 2.45) is 0 Å². The standard InChI is InChI=1S/C16H19NO/c1-17-15(13-9-5-3-6-10-13)16(18-2)14-11-7-4-8-12-14/h3-12,15-17H,1-2H3. The first-order valence-electron chi connectivity index (χ1n) is 6.16. The zero-order chi connectivity index (χ0) is 12.8. The molecule has 0 aliphatic carbocycles. The number of likely N-dealkylation sites (N-methyl/N-ethyl adjacent to an activating group) is 1. The number of benzene rings is 2. The molecule has 2 heteroatoms. The van der Waals surface area contributed by atoms with Crippen LogP contribution in [-0.4, -0.2) is 14.2 Å². The molecule has 0 bridgehead atoms. The lowest BCUT2D eigenvalue weighted by molar-refractivity contribution is 0.0702. The minimum absolute atomic E-state index is 0.0126. The lowest BCUT2D eigenvalue weighted by Crippen LogP contribution is -2.25. The maximum atomic E-state index is 5.68. The molecule has 0 saturated heterocycles. The van der Waals surface area contributed by atoms with Crippen molar-refractivity contribution in [2.75, 3.05) is 14.2 Å². The zero-order valence-electron chi connectivity index (χ0n) is 10.8. The minimum atomic E-state index is 0.0126. The topological polar surface area (TPSA) is 21.3 Å². The van der Waals surface area contributed by atoms with Gasteiger partial charge in [0.1, 0.15) is 6.10 Å². The summed E-state index contributed by atoms with van der Waals surface area (Å²) in [5.74, 6) is 0. The second-order valence-electron chi connectivity index (χ2n) is 4.24. The molecule has 0 heterocycles. The van der Waals surface area contributed by atoms with Gasteiger partial charge in [-0.3, -0.25) is 0 Å². The summed E-state index contributed by atoms with van der Waals surface area (Å²) in [6, 6.07) is 20.8. The Hall–Kier alpha value is -1.64. The maximum Gasteiger partial charge on any atom is 0.102 e. The molecule has 2 nitrogen and oxygen atoms in total. The number of methoxy groups -OCH3 is 1. The van der Waals surface area contributed by atoms with Crippen LogP contribution in [0.2, 0.25) is 0 Å². The van der Waals surface area contributed by atoms with Crippen LogP contribution in [0, 0.1) is 0 Å². The third-order valence-electron chi connectivity index (χ3n) is 3.15. The van der Waals surface area contributed by atoms with Crippen LogP contribution < -0.4 is 5.32 Å². The van der Waals surface area contributed by atoms with Gasteiger partial charge >= 0.3 is 0 Å². The smallest absolute Gasteiger partial charge is 0.102 e. The summed E-state index contributed by atoms with van der Waals surface area (Å²) in [7, 11) is 3.72. The highest BCUT2D eigenvalue weighted by Crippen LogP contribution is 2.30. The first kappa shape index (κ1) is 12.8. The average Bonchev–Trinajstić information content (AvgIpc) is 2.46. The van der Waals surface area contributed by atoms with E-state index in [0.717, 1.165) is 0 Å². The Morgan fingerprint density at radius 3 is 1.78 bits per heavy atom. The second-order valence-corrected chi connectivity index (χ2v) is 4.24. The van der Waals surface area contributed by atoms with E-state index >= 15 is 0 Å². The predicted molar refractivity (Wildman–Crippen MR) is 74.4 cm³/mol. The van der Waals surface area contributed by atoms with Crippen molar-refractivity contribution in [3.05, 3.63) is 71.8 Å². The van der Waals surface area contributed by atoms with E-state index < -0.39 is 0 Å². The molecule has 0 saturated carbocycles. The SMILES string of the molecule is CNC(c1ccccc1)C(OC)c1ccccc1. The van der Waals surface area contributed by atoms with Crippen LogP contribution in [0.5, 0.6) is 0 Å². The van der Waals surface area contributed by atoms with Crippen LogP contribution in [0.25, 0.3) is 0 Å². The number of hydrogen-bond acceptors (Lipinski definition) is 2. The summed E-state index contributed by atoms with van der Waals surface area (Å²) in [6.45, 7) is 0. The average molecular weight is 241 g/mol. The van der Waals surface area contributed by atoms with Gasteiger partial charge in [0.25, 0.3) is 0 Å². The van der Waals surface area contributed by atoms with E-state index in [4.69, 9.17) is 4.74 Å². The molecule has 0 aromatic heterocycles. The van der Waals surface area contributed by atoms with Crippen molar-refractivity contribution >= 4 is 0 Å². The molecule has 0 aliphatic heterocycles. The molecule has 2 aromatic carbocycles. The van der Waals surface area contributed by atoms with Gasteiger partial charge in [-0.15, -0.1) is 0 Å². The molecule has 0 radical (unpaired) electrons. The molecule has 1 N–H and O–H groups in total. The van der Waals surface area contributed by atoms with Crippen LogP contribution in [0.4, 0.5) is 0 Å². The fourth-order valence-electron chi connectivity index (χ4n) is 2.26. The summed E-state index contributed by atoms with van der Waals surface area (Å²) in [6.07, 6.45) is 0.0126. The highest BCUT2D eigenvalue weighted by atomic mass is 16.5. The number of rotatable bonds is 5. The third-order valence-corrected chi connectivity index (χ3v) is 3.15. The fraction of sp³-hybridized carbons (Fsp3) is 0.250. The Balaban J connectivity index is 2.31. The van der Waals surface area contributed by atoms with Gasteiger partial charge in [-0.25, -0.2) is 0 Å². The number of hydrogen-bond donors (Lipinski definition) is 1. The van der Waals surface area contributed by atoms with Crippen molar-refractivity contribution in [1.29, 1.82) is 0 Å². The van der Waals surface area contributed by atoms with Crippen molar-refractivity contribution in [2.45, 2.75) is 12.1 Å². The van der Waals surface area contributed by atoms with Crippen molar-refractivity contribution < 1.29 is 4.74 Å². The summed E-state index contributed by atoms with van der Waals surface area (Å²) in [4.78, 5) is 0. The molecular weight excluding hydrogens is 222 g/mol. The third kappa shape index (κ3) is 2.78. The molecular formula is C16H19NO. The highest BCUT2D eigenvalue weighted by Gasteiger charge is 2.22. The van der Waals surface area contributed by atoms with Crippen LogP contribution in [0.15, 0.2) is 60.7 Å². The minimum Gasteiger partial charge on any atom is -0.375 e. The molecule has 0 amide bonds. The van der Waals surface area contributed by atoms with Crippen LogP contribution in [0.3, 0.4) is 0 Å². The summed E-state index contributed by atoms with van der Waals surface area (Å²) < 4.78 is 5.68. The molecule has 2 aromatic rings. The summed E-state index contributed by atoms with van der Waals surface area (Å²) in [5.41, 5.74) is 2.42. The van der Waals surface area contributed by atoms with E-state index in [2.05, 4.69) is 41.7 Å². The first-order chi connectivity index (χ1) is 8.86. The van der Waals surface area contributed by atoms with E-state index in [0.29, 0.717) is 0 Å². The van der Waals surface area contributed by atoms with Gasteiger partial charge in [0.15, 0.2) is 0 Å². The Labute approximate surface area is 109 Å². The fourth-order valence-corrected chi connectivity index (χ4v) is 2.26. The highest BCUT2D eigenvalue weighted by molar-refractivity contribution is 5.26. The van der Waals surface area contributed by atoms with Gasteiger partial charge in [0.05, 0.1) is 6.04 Å².